The van der Waals surface area contributed by atoms with Crippen molar-refractivity contribution < 1.29 is 9.52 Å². The number of benzene rings is 4. The molecule has 5 rings (SSSR count). The average Bonchev–Trinajstić information content (AvgIpc) is 3.08. The zero-order valence-electron chi connectivity index (χ0n) is 13.3. The summed E-state index contributed by atoms with van der Waals surface area (Å²) < 4.78 is 8.17. The summed E-state index contributed by atoms with van der Waals surface area (Å²) in [6.07, 6.45) is 0. The van der Waals surface area contributed by atoms with Gasteiger partial charge in [-0.3, -0.25) is 0 Å². The fourth-order valence-electron chi connectivity index (χ4n) is 3.30. The quantitative estimate of drug-likeness (QED) is 0.268. The van der Waals surface area contributed by atoms with Gasteiger partial charge in [0.05, 0.1) is 0 Å². The first-order valence-corrected chi connectivity index (χ1v) is 9.59. The van der Waals surface area contributed by atoms with Crippen LogP contribution in [-0.4, -0.2) is 10.1 Å². The molecule has 0 saturated heterocycles. The van der Waals surface area contributed by atoms with E-state index in [1.807, 2.05) is 12.1 Å². The van der Waals surface area contributed by atoms with Crippen molar-refractivity contribution in [3.8, 4) is 17.2 Å². The summed E-state index contributed by atoms with van der Waals surface area (Å²) in [5.74, 6) is 0.752. The standard InChI is InChI=1S/C21H11Br2NO2/c22-12-3-7-15-16-8-4-13(23)10-18(16)20-19(17(15)9-12)24-21(26-20)11-1-5-14(25)6-2-11/h1-10,25H. The zero-order chi connectivity index (χ0) is 17.8. The number of hydrogen-bond donors (Lipinski definition) is 1. The van der Waals surface area contributed by atoms with Gasteiger partial charge in [0.1, 0.15) is 11.3 Å². The Balaban J connectivity index is 1.95. The number of nitrogens with zero attached hydrogens (tertiary/aromatic N) is 1. The molecule has 0 amide bonds. The maximum atomic E-state index is 9.53. The van der Waals surface area contributed by atoms with Crippen molar-refractivity contribution in [1.29, 1.82) is 0 Å². The van der Waals surface area contributed by atoms with Crippen LogP contribution < -0.4 is 0 Å². The molecular formula is C21H11Br2NO2. The molecule has 0 bridgehead atoms. The van der Waals surface area contributed by atoms with E-state index in [-0.39, 0.29) is 5.75 Å². The van der Waals surface area contributed by atoms with Crippen molar-refractivity contribution in [2.24, 2.45) is 0 Å². The van der Waals surface area contributed by atoms with Crippen molar-refractivity contribution in [2.45, 2.75) is 0 Å². The van der Waals surface area contributed by atoms with E-state index >= 15 is 0 Å². The van der Waals surface area contributed by atoms with Crippen LogP contribution in [0.5, 0.6) is 5.75 Å². The molecule has 1 heterocycles. The van der Waals surface area contributed by atoms with E-state index in [0.717, 1.165) is 47.2 Å². The summed E-state index contributed by atoms with van der Waals surface area (Å²) in [6.45, 7) is 0. The normalized spacial score (nSPS) is 11.6. The van der Waals surface area contributed by atoms with Crippen molar-refractivity contribution in [2.75, 3.05) is 0 Å². The number of aromatic hydroxyl groups is 1. The number of rotatable bonds is 1. The fraction of sp³-hybridized carbons (Fsp3) is 0. The third-order valence-corrected chi connectivity index (χ3v) is 5.48. The Morgan fingerprint density at radius 2 is 1.35 bits per heavy atom. The molecule has 0 aliphatic carbocycles. The molecule has 0 aliphatic rings. The molecule has 0 radical (unpaired) electrons. The second kappa shape index (κ2) is 5.83. The Labute approximate surface area is 165 Å². The lowest BCUT2D eigenvalue weighted by Crippen LogP contribution is -1.82. The van der Waals surface area contributed by atoms with Crippen LogP contribution in [0.15, 0.2) is 74.0 Å². The molecule has 5 aromatic rings. The highest BCUT2D eigenvalue weighted by atomic mass is 79.9. The van der Waals surface area contributed by atoms with Gasteiger partial charge in [-0.25, -0.2) is 4.98 Å². The van der Waals surface area contributed by atoms with E-state index in [9.17, 15) is 5.11 Å². The summed E-state index contributed by atoms with van der Waals surface area (Å²) in [4.78, 5) is 4.78. The molecule has 0 fully saturated rings. The van der Waals surface area contributed by atoms with Crippen LogP contribution in [0.3, 0.4) is 0 Å². The number of aromatic nitrogens is 1. The van der Waals surface area contributed by atoms with Gasteiger partial charge in [-0.2, -0.15) is 0 Å². The molecule has 3 nitrogen and oxygen atoms in total. The summed E-state index contributed by atoms with van der Waals surface area (Å²) in [5, 5.41) is 13.8. The van der Waals surface area contributed by atoms with E-state index in [0.29, 0.717) is 5.89 Å². The number of phenolic OH excluding ortho intramolecular Hbond substituents is 1. The van der Waals surface area contributed by atoms with Gasteiger partial charge in [0.15, 0.2) is 5.58 Å². The minimum Gasteiger partial charge on any atom is -0.508 e. The van der Waals surface area contributed by atoms with Crippen LogP contribution in [-0.2, 0) is 0 Å². The predicted octanol–water partition coefficient (Wildman–Crippen LogP) is 7.03. The van der Waals surface area contributed by atoms with Crippen molar-refractivity contribution in [3.63, 3.8) is 0 Å². The van der Waals surface area contributed by atoms with Gasteiger partial charge in [0.2, 0.25) is 5.89 Å². The summed E-state index contributed by atoms with van der Waals surface area (Å²) in [7, 11) is 0. The lowest BCUT2D eigenvalue weighted by molar-refractivity contribution is 0.475. The van der Waals surface area contributed by atoms with Crippen LogP contribution in [0.1, 0.15) is 0 Å². The van der Waals surface area contributed by atoms with Gasteiger partial charge in [-0.05, 0) is 59.3 Å². The molecule has 1 N–H and O–H groups in total. The molecule has 126 valence electrons. The first kappa shape index (κ1) is 15.9. The maximum Gasteiger partial charge on any atom is 0.227 e. The molecule has 26 heavy (non-hydrogen) atoms. The second-order valence-corrected chi connectivity index (χ2v) is 7.95. The zero-order valence-corrected chi connectivity index (χ0v) is 16.5. The van der Waals surface area contributed by atoms with Crippen LogP contribution >= 0.6 is 31.9 Å². The Kier molecular flexibility index (Phi) is 3.55. The minimum atomic E-state index is 0.216. The van der Waals surface area contributed by atoms with Gasteiger partial charge < -0.3 is 9.52 Å². The summed E-state index contributed by atoms with van der Waals surface area (Å²) >= 11 is 7.12. The van der Waals surface area contributed by atoms with Crippen molar-refractivity contribution in [1.82, 2.24) is 4.98 Å². The van der Waals surface area contributed by atoms with E-state index < -0.39 is 0 Å². The monoisotopic (exact) mass is 467 g/mol. The molecule has 0 unspecified atom stereocenters. The van der Waals surface area contributed by atoms with E-state index in [2.05, 4.69) is 56.1 Å². The van der Waals surface area contributed by atoms with E-state index in [1.54, 1.807) is 24.3 Å². The molecule has 1 aromatic heterocycles. The van der Waals surface area contributed by atoms with E-state index in [1.165, 1.54) is 0 Å². The van der Waals surface area contributed by atoms with Gasteiger partial charge in [0, 0.05) is 25.3 Å². The smallest absolute Gasteiger partial charge is 0.227 e. The minimum absolute atomic E-state index is 0.216. The topological polar surface area (TPSA) is 46.3 Å². The first-order valence-electron chi connectivity index (χ1n) is 8.00. The lowest BCUT2D eigenvalue weighted by atomic mass is 10.0. The molecule has 0 spiro atoms. The molecule has 0 saturated carbocycles. The fourth-order valence-corrected chi connectivity index (χ4v) is 4.02. The van der Waals surface area contributed by atoms with Crippen LogP contribution in [0.2, 0.25) is 0 Å². The highest BCUT2D eigenvalue weighted by Crippen LogP contribution is 2.39. The van der Waals surface area contributed by atoms with Gasteiger partial charge in [0.25, 0.3) is 0 Å². The number of hydrogen-bond acceptors (Lipinski definition) is 3. The van der Waals surface area contributed by atoms with Crippen LogP contribution in [0, 0.1) is 0 Å². The van der Waals surface area contributed by atoms with Crippen LogP contribution in [0.4, 0.5) is 0 Å². The predicted molar refractivity (Wildman–Crippen MR) is 112 cm³/mol. The first-order chi connectivity index (χ1) is 12.6. The van der Waals surface area contributed by atoms with Crippen LogP contribution in [0.25, 0.3) is 44.1 Å². The van der Waals surface area contributed by atoms with Gasteiger partial charge in [-0.15, -0.1) is 0 Å². The Hall–Kier alpha value is -2.37. The van der Waals surface area contributed by atoms with Gasteiger partial charge >= 0.3 is 0 Å². The summed E-state index contributed by atoms with van der Waals surface area (Å²) in [6, 6.07) is 19.3. The van der Waals surface area contributed by atoms with E-state index in [4.69, 9.17) is 9.40 Å². The highest BCUT2D eigenvalue weighted by Gasteiger charge is 2.16. The van der Waals surface area contributed by atoms with Gasteiger partial charge in [-0.1, -0.05) is 44.0 Å². The highest BCUT2D eigenvalue weighted by molar-refractivity contribution is 9.10. The third-order valence-electron chi connectivity index (χ3n) is 4.49. The number of phenols is 1. The SMILES string of the molecule is Oc1ccc(-c2nc3c4cc(Br)ccc4c4ccc(Br)cc4c3o2)cc1. The Morgan fingerprint density at radius 1 is 0.731 bits per heavy atom. The molecule has 5 heteroatoms. The largest absolute Gasteiger partial charge is 0.508 e. The molecule has 0 aliphatic heterocycles. The maximum absolute atomic E-state index is 9.53. The average molecular weight is 469 g/mol. The Morgan fingerprint density at radius 3 is 2.04 bits per heavy atom. The number of fused-ring (bicyclic) bond motifs is 6. The summed E-state index contributed by atoms with van der Waals surface area (Å²) in [5.41, 5.74) is 2.41. The second-order valence-electron chi connectivity index (χ2n) is 6.12. The number of oxazole rings is 1. The molecular weight excluding hydrogens is 458 g/mol. The third kappa shape index (κ3) is 2.42. The molecule has 4 aromatic carbocycles. The number of halogens is 2. The Bertz CT molecular complexity index is 1230. The molecule has 0 atom stereocenters. The lowest BCUT2D eigenvalue weighted by Gasteiger charge is -2.06. The van der Waals surface area contributed by atoms with Crippen molar-refractivity contribution >= 4 is 64.5 Å². The van der Waals surface area contributed by atoms with Crippen molar-refractivity contribution in [3.05, 3.63) is 69.6 Å².